The normalized spacial score (nSPS) is 13.1. The predicted molar refractivity (Wildman–Crippen MR) is 250 cm³/mol. The molecule has 4 aromatic carbocycles. The minimum Gasteiger partial charge on any atom is -0.497 e. The lowest BCUT2D eigenvalue weighted by atomic mass is 9.93. The number of hydrogen-bond donors (Lipinski definition) is 3. The average molecular weight is 905 g/mol. The van der Waals surface area contributed by atoms with Crippen LogP contribution in [0.5, 0.6) is 11.5 Å². The summed E-state index contributed by atoms with van der Waals surface area (Å²) in [5, 5.41) is 18.5. The molecule has 14 nitrogen and oxygen atoms in total. The first-order valence-electron chi connectivity index (χ1n) is 21.1. The van der Waals surface area contributed by atoms with E-state index in [0.717, 1.165) is 28.9 Å². The fraction of sp³-hybridized carbons (Fsp3) is 0.447. The molecule has 4 aromatic rings. The van der Waals surface area contributed by atoms with Crippen molar-refractivity contribution in [2.45, 2.75) is 103 Å². The first-order valence-corrected chi connectivity index (χ1v) is 25.7. The molecule has 0 fully saturated rings. The number of nitro groups is 1. The van der Waals surface area contributed by atoms with Gasteiger partial charge in [-0.2, -0.15) is 0 Å². The maximum atomic E-state index is 14.1. The molecular formula is C47H64N4O10SSi. The highest BCUT2D eigenvalue weighted by molar-refractivity contribution is 7.92. The lowest BCUT2D eigenvalue weighted by Gasteiger charge is -2.43. The summed E-state index contributed by atoms with van der Waals surface area (Å²) in [6.45, 7) is 17.3. The van der Waals surface area contributed by atoms with Crippen LogP contribution in [0.2, 0.25) is 18.1 Å². The fourth-order valence-corrected chi connectivity index (χ4v) is 9.12. The first kappa shape index (κ1) is 50.4. The Kier molecular flexibility index (Phi) is 17.5. The predicted octanol–water partition coefficient (Wildman–Crippen LogP) is 8.81. The van der Waals surface area contributed by atoms with E-state index in [0.29, 0.717) is 25.1 Å². The highest BCUT2D eigenvalue weighted by Crippen LogP contribution is 2.38. The third kappa shape index (κ3) is 14.6. The van der Waals surface area contributed by atoms with Crippen molar-refractivity contribution in [1.29, 1.82) is 0 Å². The third-order valence-corrected chi connectivity index (χ3v) is 17.2. The van der Waals surface area contributed by atoms with Gasteiger partial charge in [-0.05, 0) is 116 Å². The van der Waals surface area contributed by atoms with E-state index in [1.807, 2.05) is 49.4 Å². The highest BCUT2D eigenvalue weighted by atomic mass is 32.2. The van der Waals surface area contributed by atoms with Crippen LogP contribution in [0.3, 0.4) is 0 Å². The van der Waals surface area contributed by atoms with E-state index in [1.165, 1.54) is 25.3 Å². The molecule has 342 valence electrons. The zero-order valence-electron chi connectivity index (χ0n) is 38.2. The molecule has 0 saturated carbocycles. The average Bonchev–Trinajstić information content (AvgIpc) is 3.23. The molecule has 0 aliphatic rings. The molecule has 1 amide bonds. The molecule has 0 radical (unpaired) electrons. The van der Waals surface area contributed by atoms with Gasteiger partial charge >= 0.3 is 5.97 Å². The van der Waals surface area contributed by atoms with E-state index in [4.69, 9.17) is 18.6 Å². The van der Waals surface area contributed by atoms with Gasteiger partial charge < -0.3 is 29.3 Å². The quantitative estimate of drug-likeness (QED) is 0.0213. The van der Waals surface area contributed by atoms with Crippen LogP contribution in [0, 0.1) is 10.1 Å². The fourth-order valence-electron chi connectivity index (χ4n) is 6.66. The summed E-state index contributed by atoms with van der Waals surface area (Å²) in [7, 11) is -3.49. The molecule has 2 atom stereocenters. The zero-order valence-corrected chi connectivity index (χ0v) is 40.0. The smallest absolute Gasteiger partial charge is 0.337 e. The maximum absolute atomic E-state index is 14.1. The van der Waals surface area contributed by atoms with E-state index in [2.05, 4.69) is 63.1 Å². The van der Waals surface area contributed by atoms with Crippen molar-refractivity contribution in [1.82, 2.24) is 10.6 Å². The lowest BCUT2D eigenvalue weighted by molar-refractivity contribution is -0.383. The molecule has 63 heavy (non-hydrogen) atoms. The van der Waals surface area contributed by atoms with Crippen molar-refractivity contribution in [2.75, 3.05) is 37.8 Å². The Morgan fingerprint density at radius 1 is 0.857 bits per heavy atom. The summed E-state index contributed by atoms with van der Waals surface area (Å²) in [6.07, 6.45) is 1.34. The van der Waals surface area contributed by atoms with Crippen LogP contribution in [-0.4, -0.2) is 78.8 Å². The van der Waals surface area contributed by atoms with Gasteiger partial charge in [-0.15, -0.1) is 0 Å². The third-order valence-electron chi connectivity index (χ3n) is 11.3. The van der Waals surface area contributed by atoms with Gasteiger partial charge in [-0.3, -0.25) is 19.6 Å². The van der Waals surface area contributed by atoms with Gasteiger partial charge in [0.2, 0.25) is 10.0 Å². The van der Waals surface area contributed by atoms with Crippen LogP contribution < -0.4 is 24.8 Å². The summed E-state index contributed by atoms with van der Waals surface area (Å²) >= 11 is 0. The number of rotatable bonds is 23. The van der Waals surface area contributed by atoms with E-state index < -0.39 is 52.8 Å². The molecule has 0 saturated heterocycles. The Hall–Kier alpha value is -5.29. The lowest BCUT2D eigenvalue weighted by Crippen LogP contribution is -2.57. The van der Waals surface area contributed by atoms with E-state index in [1.54, 1.807) is 37.4 Å². The monoisotopic (exact) mass is 904 g/mol. The largest absolute Gasteiger partial charge is 0.497 e. The number of aryl methyl sites for hydroxylation is 1. The number of hydrogen-bond acceptors (Lipinski definition) is 11. The summed E-state index contributed by atoms with van der Waals surface area (Å²) < 4.78 is 52.0. The minimum absolute atomic E-state index is 0.0545. The van der Waals surface area contributed by atoms with E-state index >= 15 is 0 Å². The van der Waals surface area contributed by atoms with Crippen LogP contribution in [0.15, 0.2) is 91.0 Å². The number of nitrogens with zero attached hydrogens (tertiary/aromatic N) is 1. The molecule has 0 aliphatic heterocycles. The summed E-state index contributed by atoms with van der Waals surface area (Å²) in [4.78, 5) is 37.7. The van der Waals surface area contributed by atoms with Crippen molar-refractivity contribution >= 4 is 41.6 Å². The molecule has 0 aliphatic carbocycles. The number of nitro benzene ring substituents is 1. The Morgan fingerprint density at radius 2 is 1.54 bits per heavy atom. The maximum Gasteiger partial charge on any atom is 0.337 e. The topological polar surface area (TPSA) is 184 Å². The Bertz CT molecular complexity index is 2310. The number of esters is 1. The molecule has 3 N–H and O–H groups in total. The van der Waals surface area contributed by atoms with Crippen LogP contribution >= 0.6 is 0 Å². The standard InChI is InChI=1S/C47H64N4O10SSi/c1-11-16-33-23-24-40(42(29-33)51(54)55)50-62(56,57)26-15-25-60-39-22-12-17-34(27-39)28-41(49-44(52)35-18-13-19-36(30-35)45(53)59-8)43(61-63(9,10)46(2,3)4)32-48-47(5,6)37-20-14-21-38(31-37)58-7/h12-14,17-24,27,29-31,41,43,48,50H,11,15-16,25-26,28,32H2,1-10H3,(H,49,52)/t41-,43+/m0/s1. The number of nitrogens with one attached hydrogen (secondary N) is 3. The minimum atomic E-state index is -3.93. The van der Waals surface area contributed by atoms with E-state index in [9.17, 15) is 28.1 Å². The van der Waals surface area contributed by atoms with Gasteiger partial charge in [-0.25, -0.2) is 13.2 Å². The molecule has 4 rings (SSSR count). The Balaban J connectivity index is 1.60. The molecule has 16 heteroatoms. The summed E-state index contributed by atoms with van der Waals surface area (Å²) in [5.74, 6) is -0.0511. The molecular weight excluding hydrogens is 841 g/mol. The van der Waals surface area contributed by atoms with Crippen molar-refractivity contribution in [2.24, 2.45) is 0 Å². The number of benzene rings is 4. The van der Waals surface area contributed by atoms with Crippen LogP contribution in [-0.2, 0) is 37.6 Å². The summed E-state index contributed by atoms with van der Waals surface area (Å²) in [6, 6.07) is 25.5. The van der Waals surface area contributed by atoms with Gasteiger partial charge in [0.15, 0.2) is 8.32 Å². The molecule has 0 heterocycles. The highest BCUT2D eigenvalue weighted by Gasteiger charge is 2.41. The second-order valence-corrected chi connectivity index (χ2v) is 24.2. The second kappa shape index (κ2) is 21.9. The van der Waals surface area contributed by atoms with Crippen molar-refractivity contribution < 1.29 is 41.6 Å². The van der Waals surface area contributed by atoms with Gasteiger partial charge in [0.05, 0.1) is 49.2 Å². The van der Waals surface area contributed by atoms with Gasteiger partial charge in [-0.1, -0.05) is 70.5 Å². The second-order valence-electron chi connectivity index (χ2n) is 17.6. The SMILES string of the molecule is CCCc1ccc(NS(=O)(=O)CCCOc2cccc(C[C@H](NC(=O)c3cccc(C(=O)OC)c3)[C@@H](CNC(C)(C)c3cccc(OC)c3)O[Si](C)(C)C(C)(C)C)c2)c([N+](=O)[O-])c1. The number of carbonyl (C=O) groups excluding carboxylic acids is 2. The Labute approximate surface area is 373 Å². The zero-order chi connectivity index (χ0) is 46.6. The van der Waals surface area contributed by atoms with Gasteiger partial charge in [0, 0.05) is 23.7 Å². The number of amides is 1. The van der Waals surface area contributed by atoms with E-state index in [-0.39, 0.29) is 46.3 Å². The van der Waals surface area contributed by atoms with Gasteiger partial charge in [0.1, 0.15) is 17.2 Å². The van der Waals surface area contributed by atoms with Crippen LogP contribution in [0.25, 0.3) is 0 Å². The number of methoxy groups -OCH3 is 2. The van der Waals surface area contributed by atoms with Crippen LogP contribution in [0.4, 0.5) is 11.4 Å². The number of sulfonamides is 1. The van der Waals surface area contributed by atoms with Crippen molar-refractivity contribution in [3.63, 3.8) is 0 Å². The molecule has 0 unspecified atom stereocenters. The molecule has 0 bridgehead atoms. The van der Waals surface area contributed by atoms with Gasteiger partial charge in [0.25, 0.3) is 11.6 Å². The molecule has 0 aromatic heterocycles. The van der Waals surface area contributed by atoms with Crippen LogP contribution in [0.1, 0.15) is 91.8 Å². The number of anilines is 1. The molecule has 0 spiro atoms. The number of ether oxygens (including phenoxy) is 3. The number of carbonyl (C=O) groups is 2. The first-order chi connectivity index (χ1) is 29.6. The Morgan fingerprint density at radius 3 is 2.21 bits per heavy atom. The summed E-state index contributed by atoms with van der Waals surface area (Å²) in [5.41, 5.74) is 2.20. The van der Waals surface area contributed by atoms with Crippen molar-refractivity contribution in [3.05, 3.63) is 129 Å². The van der Waals surface area contributed by atoms with Crippen molar-refractivity contribution in [3.8, 4) is 11.5 Å².